The van der Waals surface area contributed by atoms with Crippen LogP contribution in [-0.4, -0.2) is 14.1 Å². The summed E-state index contributed by atoms with van der Waals surface area (Å²) >= 11 is 0. The van der Waals surface area contributed by atoms with Crippen LogP contribution in [0.1, 0.15) is 12.5 Å². The van der Waals surface area contributed by atoms with Gasteiger partial charge in [0.05, 0.1) is 11.2 Å². The molecule has 2 aromatic heterocycles. The van der Waals surface area contributed by atoms with Gasteiger partial charge in [-0.2, -0.15) is 0 Å². The minimum atomic E-state index is -0.0400. The monoisotopic (exact) mass is 253 g/mol. The van der Waals surface area contributed by atoms with E-state index in [1.807, 2.05) is 50.2 Å². The molecule has 4 heteroatoms. The molecule has 0 fully saturated rings. The first-order chi connectivity index (χ1) is 9.22. The molecule has 0 aliphatic rings. The summed E-state index contributed by atoms with van der Waals surface area (Å²) in [6.07, 6.45) is 1.79. The minimum absolute atomic E-state index is 0.0400. The summed E-state index contributed by atoms with van der Waals surface area (Å²) < 4.78 is 3.42. The van der Waals surface area contributed by atoms with E-state index in [0.717, 1.165) is 16.8 Å². The molecule has 0 spiro atoms. The molecule has 3 aromatic rings. The number of hydrogen-bond acceptors (Lipinski definition) is 2. The average Bonchev–Trinajstić information content (AvgIpc) is 2.70. The fraction of sp³-hybridized carbons (Fsp3) is 0.200. The molecule has 0 aliphatic carbocycles. The van der Waals surface area contributed by atoms with E-state index in [-0.39, 0.29) is 5.69 Å². The third kappa shape index (κ3) is 1.76. The fourth-order valence-electron chi connectivity index (χ4n) is 2.35. The molecule has 4 nitrogen and oxygen atoms in total. The van der Waals surface area contributed by atoms with Crippen molar-refractivity contribution in [1.29, 1.82) is 0 Å². The molecule has 3 rings (SSSR count). The highest BCUT2D eigenvalue weighted by molar-refractivity contribution is 5.74. The van der Waals surface area contributed by atoms with Gasteiger partial charge in [0.2, 0.25) is 0 Å². The maximum Gasteiger partial charge on any atom is 0.334 e. The van der Waals surface area contributed by atoms with Gasteiger partial charge >= 0.3 is 5.69 Å². The number of fused-ring (bicyclic) bond motifs is 1. The summed E-state index contributed by atoms with van der Waals surface area (Å²) in [4.78, 5) is 16.9. The molecule has 96 valence electrons. The molecule has 1 aromatic carbocycles. The Morgan fingerprint density at radius 3 is 2.63 bits per heavy atom. The Kier molecular flexibility index (Phi) is 2.71. The second-order valence-electron chi connectivity index (χ2n) is 4.55. The SMILES string of the molecule is CCn1c(=O)n(-c2ccccc2)c2ncc(C)cc21. The standard InChI is InChI=1S/C15H15N3O/c1-3-17-13-9-11(2)10-16-14(13)18(15(17)19)12-7-5-4-6-8-12/h4-10H,3H2,1-2H3. The van der Waals surface area contributed by atoms with Crippen molar-refractivity contribution in [1.82, 2.24) is 14.1 Å². The number of rotatable bonds is 2. The van der Waals surface area contributed by atoms with Crippen LogP contribution in [0.25, 0.3) is 16.9 Å². The normalized spacial score (nSPS) is 11.1. The van der Waals surface area contributed by atoms with Crippen LogP contribution in [0.2, 0.25) is 0 Å². The van der Waals surface area contributed by atoms with Crippen molar-refractivity contribution in [3.63, 3.8) is 0 Å². The Hall–Kier alpha value is -2.36. The zero-order valence-corrected chi connectivity index (χ0v) is 11.0. The van der Waals surface area contributed by atoms with Gasteiger partial charge < -0.3 is 0 Å². The molecule has 0 radical (unpaired) electrons. The van der Waals surface area contributed by atoms with Gasteiger partial charge in [-0.3, -0.25) is 4.57 Å². The van der Waals surface area contributed by atoms with Gasteiger partial charge in [0.1, 0.15) is 0 Å². The van der Waals surface area contributed by atoms with Crippen molar-refractivity contribution in [2.75, 3.05) is 0 Å². The van der Waals surface area contributed by atoms with E-state index in [1.165, 1.54) is 0 Å². The third-order valence-corrected chi connectivity index (χ3v) is 3.24. The number of hydrogen-bond donors (Lipinski definition) is 0. The summed E-state index contributed by atoms with van der Waals surface area (Å²) in [6, 6.07) is 11.6. The van der Waals surface area contributed by atoms with E-state index in [4.69, 9.17) is 0 Å². The van der Waals surface area contributed by atoms with Gasteiger partial charge in [-0.15, -0.1) is 0 Å². The molecule has 0 saturated heterocycles. The number of pyridine rings is 1. The quantitative estimate of drug-likeness (QED) is 0.704. The summed E-state index contributed by atoms with van der Waals surface area (Å²) in [6.45, 7) is 4.59. The van der Waals surface area contributed by atoms with Gasteiger partial charge in [0.15, 0.2) is 5.65 Å². The van der Waals surface area contributed by atoms with Gasteiger partial charge in [-0.25, -0.2) is 14.3 Å². The zero-order valence-electron chi connectivity index (χ0n) is 11.0. The Bertz CT molecular complexity index is 784. The molecular formula is C15H15N3O. The fourth-order valence-corrected chi connectivity index (χ4v) is 2.35. The molecule has 2 heterocycles. The van der Waals surface area contributed by atoms with Crippen molar-refractivity contribution in [2.45, 2.75) is 20.4 Å². The van der Waals surface area contributed by atoms with Gasteiger partial charge in [-0.05, 0) is 37.6 Å². The Balaban J connectivity index is 2.43. The average molecular weight is 253 g/mol. The smallest absolute Gasteiger partial charge is 0.290 e. The molecule has 19 heavy (non-hydrogen) atoms. The minimum Gasteiger partial charge on any atom is -0.290 e. The first-order valence-corrected chi connectivity index (χ1v) is 6.35. The summed E-state index contributed by atoms with van der Waals surface area (Å²) in [5, 5.41) is 0. The van der Waals surface area contributed by atoms with Crippen molar-refractivity contribution in [3.8, 4) is 5.69 Å². The lowest BCUT2D eigenvalue weighted by Crippen LogP contribution is -2.22. The summed E-state index contributed by atoms with van der Waals surface area (Å²) in [7, 11) is 0. The Morgan fingerprint density at radius 2 is 1.95 bits per heavy atom. The van der Waals surface area contributed by atoms with Crippen molar-refractivity contribution >= 4 is 11.2 Å². The van der Waals surface area contributed by atoms with E-state index in [2.05, 4.69) is 4.98 Å². The predicted molar refractivity (Wildman–Crippen MR) is 75.7 cm³/mol. The van der Waals surface area contributed by atoms with Crippen LogP contribution in [-0.2, 0) is 6.54 Å². The van der Waals surface area contributed by atoms with E-state index in [9.17, 15) is 4.79 Å². The van der Waals surface area contributed by atoms with Crippen molar-refractivity contribution in [3.05, 3.63) is 58.6 Å². The number of nitrogens with zero attached hydrogens (tertiary/aromatic N) is 3. The highest BCUT2D eigenvalue weighted by Crippen LogP contribution is 2.16. The Labute approximate surface area is 110 Å². The van der Waals surface area contributed by atoms with Gasteiger partial charge in [0.25, 0.3) is 0 Å². The van der Waals surface area contributed by atoms with Crippen molar-refractivity contribution < 1.29 is 0 Å². The van der Waals surface area contributed by atoms with Crippen molar-refractivity contribution in [2.24, 2.45) is 0 Å². The molecular weight excluding hydrogens is 238 g/mol. The predicted octanol–water partition coefficient (Wildman–Crippen LogP) is 2.52. The van der Waals surface area contributed by atoms with Gasteiger partial charge in [0, 0.05) is 12.7 Å². The van der Waals surface area contributed by atoms with Crippen LogP contribution in [0, 0.1) is 6.92 Å². The molecule has 0 amide bonds. The molecule has 0 bridgehead atoms. The van der Waals surface area contributed by atoms with Crippen LogP contribution >= 0.6 is 0 Å². The maximum absolute atomic E-state index is 12.5. The van der Waals surface area contributed by atoms with E-state index in [0.29, 0.717) is 12.2 Å². The number of para-hydroxylation sites is 1. The summed E-state index contributed by atoms with van der Waals surface area (Å²) in [5.41, 5.74) is 3.46. The lowest BCUT2D eigenvalue weighted by molar-refractivity contribution is 0.734. The number of imidazole rings is 1. The lowest BCUT2D eigenvalue weighted by atomic mass is 10.3. The third-order valence-electron chi connectivity index (χ3n) is 3.24. The maximum atomic E-state index is 12.5. The van der Waals surface area contributed by atoms with Crippen LogP contribution in [0.3, 0.4) is 0 Å². The number of benzene rings is 1. The first-order valence-electron chi connectivity index (χ1n) is 6.35. The second-order valence-corrected chi connectivity index (χ2v) is 4.55. The number of aryl methyl sites for hydroxylation is 2. The highest BCUT2D eigenvalue weighted by Gasteiger charge is 2.14. The Morgan fingerprint density at radius 1 is 1.21 bits per heavy atom. The van der Waals surface area contributed by atoms with Crippen LogP contribution in [0.4, 0.5) is 0 Å². The van der Waals surface area contributed by atoms with Crippen LogP contribution in [0.5, 0.6) is 0 Å². The largest absolute Gasteiger partial charge is 0.334 e. The molecule has 0 N–H and O–H groups in total. The molecule has 0 atom stereocenters. The second kappa shape index (κ2) is 4.39. The number of aromatic nitrogens is 3. The topological polar surface area (TPSA) is 39.8 Å². The first kappa shape index (κ1) is 11.7. The lowest BCUT2D eigenvalue weighted by Gasteiger charge is -2.01. The van der Waals surface area contributed by atoms with E-state index < -0.39 is 0 Å². The van der Waals surface area contributed by atoms with E-state index >= 15 is 0 Å². The zero-order chi connectivity index (χ0) is 13.4. The molecule has 0 aliphatic heterocycles. The summed E-state index contributed by atoms with van der Waals surface area (Å²) in [5.74, 6) is 0. The van der Waals surface area contributed by atoms with E-state index in [1.54, 1.807) is 15.3 Å². The highest BCUT2D eigenvalue weighted by atomic mass is 16.1. The molecule has 0 saturated carbocycles. The van der Waals surface area contributed by atoms with Crippen LogP contribution in [0.15, 0.2) is 47.4 Å². The van der Waals surface area contributed by atoms with Crippen LogP contribution < -0.4 is 5.69 Å². The molecule has 0 unspecified atom stereocenters. The van der Waals surface area contributed by atoms with Gasteiger partial charge in [-0.1, -0.05) is 18.2 Å².